The Hall–Kier alpha value is -3.36. The van der Waals surface area contributed by atoms with E-state index in [-0.39, 0.29) is 23.2 Å². The van der Waals surface area contributed by atoms with Crippen molar-refractivity contribution in [2.24, 2.45) is 5.92 Å². The molecule has 7 nitrogen and oxygen atoms in total. The van der Waals surface area contributed by atoms with Gasteiger partial charge in [-0.15, -0.1) is 0 Å². The molecule has 1 aliphatic carbocycles. The minimum atomic E-state index is -3.66. The smallest absolute Gasteiger partial charge is 0.303 e. The second-order valence-corrected chi connectivity index (χ2v) is 10.4. The maximum absolute atomic E-state index is 12.6. The lowest BCUT2D eigenvalue weighted by atomic mass is 10.0. The molecule has 2 unspecified atom stereocenters. The van der Waals surface area contributed by atoms with E-state index in [9.17, 15) is 18.3 Å². The first-order valence-electron chi connectivity index (χ1n) is 11.6. The quantitative estimate of drug-likeness (QED) is 0.342. The molecule has 0 bridgehead atoms. The molecule has 35 heavy (non-hydrogen) atoms. The molecule has 0 heterocycles. The zero-order valence-electron chi connectivity index (χ0n) is 19.2. The van der Waals surface area contributed by atoms with Gasteiger partial charge >= 0.3 is 5.97 Å². The molecule has 8 heteroatoms. The maximum Gasteiger partial charge on any atom is 0.303 e. The number of aryl methyl sites for hydroxylation is 1. The molecule has 3 aromatic rings. The van der Waals surface area contributed by atoms with Crippen molar-refractivity contribution in [2.75, 3.05) is 11.3 Å². The van der Waals surface area contributed by atoms with Gasteiger partial charge in [0.05, 0.1) is 17.6 Å². The Labute approximate surface area is 205 Å². The lowest BCUT2D eigenvalue weighted by molar-refractivity contribution is -0.136. The number of benzene rings is 3. The van der Waals surface area contributed by atoms with Gasteiger partial charge in [-0.1, -0.05) is 48.5 Å². The van der Waals surface area contributed by atoms with Gasteiger partial charge in [0.25, 0.3) is 10.0 Å². The highest BCUT2D eigenvalue weighted by molar-refractivity contribution is 7.92. The van der Waals surface area contributed by atoms with Crippen LogP contribution in [0.5, 0.6) is 5.75 Å². The van der Waals surface area contributed by atoms with Crippen molar-refractivity contribution >= 4 is 21.7 Å². The predicted molar refractivity (Wildman–Crippen MR) is 133 cm³/mol. The van der Waals surface area contributed by atoms with Crippen molar-refractivity contribution in [3.05, 3.63) is 90.0 Å². The number of nitrogens with one attached hydrogen (secondary N) is 1. The molecule has 0 radical (unpaired) electrons. The summed E-state index contributed by atoms with van der Waals surface area (Å²) in [7, 11) is -3.66. The van der Waals surface area contributed by atoms with E-state index in [0.717, 1.165) is 17.5 Å². The minimum absolute atomic E-state index is 0.0350. The van der Waals surface area contributed by atoms with E-state index >= 15 is 0 Å². The number of hydrogen-bond donors (Lipinski definition) is 3. The van der Waals surface area contributed by atoms with Crippen LogP contribution in [0.1, 0.15) is 36.3 Å². The summed E-state index contributed by atoms with van der Waals surface area (Å²) in [5.41, 5.74) is 2.32. The first kappa shape index (κ1) is 24.8. The number of carbonyl (C=O) groups is 1. The van der Waals surface area contributed by atoms with E-state index in [2.05, 4.69) is 4.72 Å². The van der Waals surface area contributed by atoms with Crippen LogP contribution in [-0.4, -0.2) is 37.3 Å². The zero-order chi connectivity index (χ0) is 24.8. The highest BCUT2D eigenvalue weighted by Crippen LogP contribution is 2.50. The third kappa shape index (κ3) is 6.61. The van der Waals surface area contributed by atoms with Gasteiger partial charge < -0.3 is 14.9 Å². The number of aliphatic carboxylic acids is 1. The summed E-state index contributed by atoms with van der Waals surface area (Å²) in [6, 6.07) is 22.9. The van der Waals surface area contributed by atoms with E-state index in [0.29, 0.717) is 30.9 Å². The summed E-state index contributed by atoms with van der Waals surface area (Å²) in [5, 5.41) is 19.6. The topological polar surface area (TPSA) is 113 Å². The molecule has 1 saturated carbocycles. The number of carboxylic acids is 1. The van der Waals surface area contributed by atoms with Gasteiger partial charge in [0.2, 0.25) is 0 Å². The largest absolute Gasteiger partial charge is 0.493 e. The van der Waals surface area contributed by atoms with E-state index in [1.54, 1.807) is 36.4 Å². The molecule has 184 valence electrons. The highest BCUT2D eigenvalue weighted by Gasteiger charge is 2.43. The van der Waals surface area contributed by atoms with Crippen molar-refractivity contribution in [3.8, 4) is 5.75 Å². The number of rotatable bonds is 12. The minimum Gasteiger partial charge on any atom is -0.493 e. The molecule has 0 spiro atoms. The second kappa shape index (κ2) is 10.9. The van der Waals surface area contributed by atoms with Crippen LogP contribution in [0.3, 0.4) is 0 Å². The predicted octanol–water partition coefficient (Wildman–Crippen LogP) is 4.44. The van der Waals surface area contributed by atoms with Crippen molar-refractivity contribution in [1.29, 1.82) is 0 Å². The van der Waals surface area contributed by atoms with Crippen LogP contribution in [0.25, 0.3) is 0 Å². The van der Waals surface area contributed by atoms with Crippen LogP contribution in [0.2, 0.25) is 0 Å². The van der Waals surface area contributed by atoms with Crippen molar-refractivity contribution in [3.63, 3.8) is 0 Å². The summed E-state index contributed by atoms with van der Waals surface area (Å²) in [4.78, 5) is 11.1. The van der Waals surface area contributed by atoms with Gasteiger partial charge in [-0.2, -0.15) is 0 Å². The van der Waals surface area contributed by atoms with E-state index in [4.69, 9.17) is 9.84 Å². The molecular formula is C27H29NO6S. The second-order valence-electron chi connectivity index (χ2n) is 8.76. The summed E-state index contributed by atoms with van der Waals surface area (Å²) in [6.45, 7) is 0.325. The Morgan fingerprint density at radius 1 is 1.03 bits per heavy atom. The molecule has 0 amide bonds. The maximum atomic E-state index is 12.6. The van der Waals surface area contributed by atoms with Gasteiger partial charge in [-0.25, -0.2) is 8.42 Å². The average molecular weight is 496 g/mol. The van der Waals surface area contributed by atoms with Crippen LogP contribution in [0, 0.1) is 5.92 Å². The normalized spacial score (nSPS) is 18.0. The third-order valence-corrected chi connectivity index (χ3v) is 7.60. The van der Waals surface area contributed by atoms with E-state index in [1.165, 1.54) is 0 Å². The Bertz CT molecular complexity index is 1260. The number of carboxylic acid groups (broad SMARTS) is 1. The van der Waals surface area contributed by atoms with Crippen molar-refractivity contribution in [1.82, 2.24) is 0 Å². The van der Waals surface area contributed by atoms with Crippen LogP contribution in [0.4, 0.5) is 5.69 Å². The van der Waals surface area contributed by atoms with Gasteiger partial charge in [0.1, 0.15) is 5.75 Å². The van der Waals surface area contributed by atoms with Crippen LogP contribution < -0.4 is 9.46 Å². The summed E-state index contributed by atoms with van der Waals surface area (Å²) in [5.74, 6) is 0.0366. The molecule has 3 atom stereocenters. The van der Waals surface area contributed by atoms with Crippen LogP contribution >= 0.6 is 0 Å². The third-order valence-electron chi connectivity index (χ3n) is 6.21. The van der Waals surface area contributed by atoms with E-state index < -0.39 is 22.1 Å². The van der Waals surface area contributed by atoms with Gasteiger partial charge in [0.15, 0.2) is 0 Å². The number of aliphatic hydroxyl groups excluding tert-OH is 1. The first-order valence-corrected chi connectivity index (χ1v) is 13.1. The fourth-order valence-corrected chi connectivity index (χ4v) is 5.34. The SMILES string of the molecule is O=C(O)CCc1ccccc1OCC[C@@H](O)C1CC1c1cccc(NS(=O)(=O)c2ccccc2)c1. The van der Waals surface area contributed by atoms with Crippen LogP contribution in [0.15, 0.2) is 83.8 Å². The lowest BCUT2D eigenvalue weighted by Gasteiger charge is -2.14. The molecule has 0 saturated heterocycles. The average Bonchev–Trinajstić information content (AvgIpc) is 3.65. The summed E-state index contributed by atoms with van der Waals surface area (Å²) in [6.07, 6.45) is 1.16. The molecule has 3 N–H and O–H groups in total. The fourth-order valence-electron chi connectivity index (χ4n) is 4.27. The molecule has 1 aliphatic rings. The fraction of sp³-hybridized carbons (Fsp3) is 0.296. The molecule has 4 rings (SSSR count). The number of aliphatic hydroxyl groups is 1. The molecule has 1 fully saturated rings. The highest BCUT2D eigenvalue weighted by atomic mass is 32.2. The van der Waals surface area contributed by atoms with E-state index in [1.807, 2.05) is 42.5 Å². The van der Waals surface area contributed by atoms with Crippen LogP contribution in [-0.2, 0) is 21.2 Å². The standard InChI is InChI=1S/C27H29NO6S/c29-25(15-16-34-26-12-5-4-7-19(26)13-14-27(30)31)24-18-23(24)20-8-6-9-21(17-20)28-35(32,33)22-10-2-1-3-11-22/h1-12,17,23-25,28-29H,13-16,18H2,(H,30,31)/t23?,24?,25-/m1/s1. The Kier molecular flexibility index (Phi) is 7.73. The number of para-hydroxylation sites is 1. The van der Waals surface area contributed by atoms with Gasteiger partial charge in [0, 0.05) is 18.5 Å². The summed E-state index contributed by atoms with van der Waals surface area (Å²) >= 11 is 0. The number of ether oxygens (including phenoxy) is 1. The van der Waals surface area contributed by atoms with Gasteiger partial charge in [-0.3, -0.25) is 9.52 Å². The Morgan fingerprint density at radius 3 is 2.54 bits per heavy atom. The van der Waals surface area contributed by atoms with Crippen molar-refractivity contribution in [2.45, 2.75) is 42.6 Å². The summed E-state index contributed by atoms with van der Waals surface area (Å²) < 4.78 is 33.7. The van der Waals surface area contributed by atoms with Crippen molar-refractivity contribution < 1.29 is 28.2 Å². The molecule has 3 aromatic carbocycles. The Balaban J connectivity index is 1.30. The molecule has 0 aromatic heterocycles. The number of hydrogen-bond acceptors (Lipinski definition) is 5. The number of sulfonamides is 1. The molecule has 0 aliphatic heterocycles. The zero-order valence-corrected chi connectivity index (χ0v) is 20.0. The monoisotopic (exact) mass is 495 g/mol. The Morgan fingerprint density at radius 2 is 1.77 bits per heavy atom. The van der Waals surface area contributed by atoms with Gasteiger partial charge in [-0.05, 0) is 66.1 Å². The lowest BCUT2D eigenvalue weighted by Crippen LogP contribution is -2.15. The first-order chi connectivity index (χ1) is 16.8. The number of anilines is 1. The molecular weight excluding hydrogens is 466 g/mol.